The molecular formula is C97H90BN3. The smallest absolute Gasteiger partial charge is 0.252 e. The second-order valence-electron chi connectivity index (χ2n) is 32.8. The van der Waals surface area contributed by atoms with Gasteiger partial charge in [-0.2, -0.15) is 0 Å². The van der Waals surface area contributed by atoms with E-state index in [1.165, 1.54) is 93.8 Å². The number of hydrogen-bond acceptors (Lipinski definition) is 2. The van der Waals surface area contributed by atoms with E-state index in [9.17, 15) is 0 Å². The Morgan fingerprint density at radius 2 is 0.653 bits per heavy atom. The zero-order chi connectivity index (χ0) is 70.2. The molecule has 0 saturated heterocycles. The van der Waals surface area contributed by atoms with E-state index >= 15 is 0 Å². The zero-order valence-corrected chi connectivity index (χ0v) is 61.4. The number of nitrogens with zero attached hydrogens (tertiary/aromatic N) is 3. The molecule has 3 nitrogen and oxygen atoms in total. The molecule has 16 rings (SSSR count). The van der Waals surface area contributed by atoms with Crippen molar-refractivity contribution in [1.82, 2.24) is 4.57 Å². The summed E-state index contributed by atoms with van der Waals surface area (Å²) in [5, 5.41) is 2.53. The molecule has 2 aliphatic heterocycles. The molecule has 0 unspecified atom stereocenters. The molecule has 0 spiro atoms. The number of hydrogen-bond donors (Lipinski definition) is 0. The molecule has 0 aliphatic carbocycles. The van der Waals surface area contributed by atoms with E-state index in [1.807, 2.05) is 0 Å². The van der Waals surface area contributed by atoms with Crippen molar-refractivity contribution < 1.29 is 0 Å². The highest BCUT2D eigenvalue weighted by Crippen LogP contribution is 2.55. The number of rotatable bonds is 9. The standard InChI is InChI=1S/C97H90BN3/c1-61-50-62(2)90(63(3)51-61)70-55-88-91-89(56-70)101(93-78(66-34-24-18-25-35-66)40-29-41-79(93)67-36-26-19-27-37-67)87-60-75(99-84-48-43-71(94(4,5)6)58-80(84)81-59-72(95(7,8)9)44-49-85(81)99)45-47-83(87)98(91)82-46-42-68(69-52-73(96(10,11)12)57-74(53-69)97(13,14)15)54-86(82)100(88)92-76(64-30-20-16-21-31-64)38-28-39-77(92)65-32-22-17-23-33-65/h16-60H,1-15H3. The first kappa shape index (κ1) is 65.0. The first-order valence-electron chi connectivity index (χ1n) is 36.3. The predicted octanol–water partition coefficient (Wildman–Crippen LogP) is 25.0. The third kappa shape index (κ3) is 11.3. The molecule has 0 bridgehead atoms. The van der Waals surface area contributed by atoms with E-state index in [-0.39, 0.29) is 28.4 Å². The summed E-state index contributed by atoms with van der Waals surface area (Å²) in [4.78, 5) is 5.43. The lowest BCUT2D eigenvalue weighted by molar-refractivity contribution is 0.569. The van der Waals surface area contributed by atoms with Gasteiger partial charge >= 0.3 is 0 Å². The molecule has 101 heavy (non-hydrogen) atoms. The summed E-state index contributed by atoms with van der Waals surface area (Å²) < 4.78 is 2.56. The van der Waals surface area contributed by atoms with E-state index in [2.05, 4.69) is 391 Å². The van der Waals surface area contributed by atoms with Crippen LogP contribution in [0.15, 0.2) is 273 Å². The van der Waals surface area contributed by atoms with Crippen molar-refractivity contribution in [3.8, 4) is 72.4 Å². The second kappa shape index (κ2) is 24.3. The highest BCUT2D eigenvalue weighted by molar-refractivity contribution is 7.00. The molecule has 496 valence electrons. The van der Waals surface area contributed by atoms with Crippen LogP contribution in [0.2, 0.25) is 0 Å². The summed E-state index contributed by atoms with van der Waals surface area (Å²) in [7, 11) is 0. The van der Waals surface area contributed by atoms with Gasteiger partial charge in [0.2, 0.25) is 0 Å². The van der Waals surface area contributed by atoms with Crippen LogP contribution in [-0.2, 0) is 21.7 Å². The third-order valence-electron chi connectivity index (χ3n) is 21.6. The Morgan fingerprint density at radius 3 is 1.05 bits per heavy atom. The van der Waals surface area contributed by atoms with Crippen LogP contribution in [0.3, 0.4) is 0 Å². The Kier molecular flexibility index (Phi) is 15.6. The Labute approximate surface area is 599 Å². The lowest BCUT2D eigenvalue weighted by Gasteiger charge is -2.46. The first-order chi connectivity index (χ1) is 48.4. The molecule has 0 saturated carbocycles. The van der Waals surface area contributed by atoms with Gasteiger partial charge in [0.25, 0.3) is 6.71 Å². The predicted molar refractivity (Wildman–Crippen MR) is 436 cm³/mol. The number of aromatic nitrogens is 1. The molecule has 0 radical (unpaired) electrons. The zero-order valence-electron chi connectivity index (χ0n) is 61.4. The van der Waals surface area contributed by atoms with Crippen LogP contribution in [0.4, 0.5) is 34.1 Å². The maximum absolute atomic E-state index is 2.72. The average Bonchev–Trinajstić information content (AvgIpc) is 0.862. The van der Waals surface area contributed by atoms with Gasteiger partial charge in [-0.05, 0) is 191 Å². The van der Waals surface area contributed by atoms with Crippen LogP contribution in [0, 0.1) is 20.8 Å². The van der Waals surface area contributed by atoms with Gasteiger partial charge in [-0.25, -0.2) is 0 Å². The van der Waals surface area contributed by atoms with Gasteiger partial charge in [0, 0.05) is 61.5 Å². The lowest BCUT2D eigenvalue weighted by atomic mass is 9.33. The van der Waals surface area contributed by atoms with Gasteiger partial charge in [0.1, 0.15) is 0 Å². The molecule has 0 amide bonds. The van der Waals surface area contributed by atoms with E-state index < -0.39 is 0 Å². The quantitative estimate of drug-likeness (QED) is 0.133. The largest absolute Gasteiger partial charge is 0.310 e. The Morgan fingerprint density at radius 1 is 0.277 bits per heavy atom. The van der Waals surface area contributed by atoms with Crippen molar-refractivity contribution in [3.63, 3.8) is 0 Å². The first-order valence-corrected chi connectivity index (χ1v) is 36.3. The number of anilines is 6. The van der Waals surface area contributed by atoms with Crippen LogP contribution in [-0.4, -0.2) is 11.3 Å². The number of benzene rings is 13. The average molecular weight is 1310 g/mol. The Balaban J connectivity index is 1.10. The Bertz CT molecular complexity index is 5350. The van der Waals surface area contributed by atoms with Crippen LogP contribution in [0.25, 0.3) is 94.3 Å². The van der Waals surface area contributed by atoms with Crippen molar-refractivity contribution in [2.24, 2.45) is 0 Å². The summed E-state index contributed by atoms with van der Waals surface area (Å²) in [6.45, 7) is 34.8. The van der Waals surface area contributed by atoms with Crippen LogP contribution >= 0.6 is 0 Å². The SMILES string of the molecule is Cc1cc(C)c(-c2cc3c4c(c2)N(c2c(-c5ccccc5)cccc2-c2ccccc2)c2cc(-n5c6ccc(C(C)(C)C)cc6c6cc(C(C)(C)C)ccc65)ccc2B4c2ccc(-c4cc(C(C)(C)C)cc(C(C)(C)C)c4)cc2N3c2c(-c3ccccc3)cccc2-c2ccccc2)c(C)c1. The van der Waals surface area contributed by atoms with Crippen LogP contribution in [0.5, 0.6) is 0 Å². The summed E-state index contributed by atoms with van der Waals surface area (Å²) >= 11 is 0. The van der Waals surface area contributed by atoms with E-state index in [0.29, 0.717) is 0 Å². The summed E-state index contributed by atoms with van der Waals surface area (Å²) in [5.41, 5.74) is 36.9. The molecule has 0 atom stereocenters. The van der Waals surface area contributed by atoms with E-state index in [0.717, 1.165) is 89.9 Å². The molecule has 14 aromatic rings. The normalized spacial score (nSPS) is 13.0. The Hall–Kier alpha value is -10.7. The molecule has 0 fully saturated rings. The van der Waals surface area contributed by atoms with Crippen molar-refractivity contribution in [2.45, 2.75) is 126 Å². The van der Waals surface area contributed by atoms with E-state index in [4.69, 9.17) is 0 Å². The third-order valence-corrected chi connectivity index (χ3v) is 21.6. The minimum absolute atomic E-state index is 0.0505. The fourth-order valence-corrected chi connectivity index (χ4v) is 16.4. The highest BCUT2D eigenvalue weighted by Gasteiger charge is 2.46. The number of fused-ring (bicyclic) bond motifs is 7. The van der Waals surface area contributed by atoms with Crippen molar-refractivity contribution in [2.75, 3.05) is 9.80 Å². The van der Waals surface area contributed by atoms with Crippen molar-refractivity contribution >= 4 is 79.0 Å². The summed E-state index contributed by atoms with van der Waals surface area (Å²) in [6, 6.07) is 105. The molecule has 0 N–H and O–H groups in total. The topological polar surface area (TPSA) is 11.4 Å². The fraction of sp³-hybridized carbons (Fsp3) is 0.196. The van der Waals surface area contributed by atoms with Crippen molar-refractivity contribution in [1.29, 1.82) is 0 Å². The minimum Gasteiger partial charge on any atom is -0.310 e. The molecular weight excluding hydrogens is 1220 g/mol. The maximum atomic E-state index is 2.72. The molecule has 3 heterocycles. The molecule has 13 aromatic carbocycles. The monoisotopic (exact) mass is 1310 g/mol. The summed E-state index contributed by atoms with van der Waals surface area (Å²) in [5.74, 6) is 0. The highest BCUT2D eigenvalue weighted by atomic mass is 15.2. The number of para-hydroxylation sites is 2. The van der Waals surface area contributed by atoms with Gasteiger partial charge in [0.05, 0.1) is 22.4 Å². The number of aryl methyl sites for hydroxylation is 3. The molecule has 4 heteroatoms. The van der Waals surface area contributed by atoms with Gasteiger partial charge in [-0.1, -0.05) is 307 Å². The van der Waals surface area contributed by atoms with E-state index in [1.54, 1.807) is 0 Å². The van der Waals surface area contributed by atoms with Gasteiger partial charge in [-0.15, -0.1) is 0 Å². The fourth-order valence-electron chi connectivity index (χ4n) is 16.4. The maximum Gasteiger partial charge on any atom is 0.252 e. The van der Waals surface area contributed by atoms with Gasteiger partial charge < -0.3 is 14.4 Å². The summed E-state index contributed by atoms with van der Waals surface area (Å²) in [6.07, 6.45) is 0. The van der Waals surface area contributed by atoms with Gasteiger partial charge in [-0.3, -0.25) is 0 Å². The van der Waals surface area contributed by atoms with Crippen LogP contribution < -0.4 is 26.2 Å². The van der Waals surface area contributed by atoms with Gasteiger partial charge in [0.15, 0.2) is 0 Å². The molecule has 2 aliphatic rings. The lowest BCUT2D eigenvalue weighted by Crippen LogP contribution is -2.61. The minimum atomic E-state index is -0.226. The molecule has 1 aromatic heterocycles. The van der Waals surface area contributed by atoms with Crippen molar-refractivity contribution in [3.05, 3.63) is 312 Å². The van der Waals surface area contributed by atoms with Crippen LogP contribution in [0.1, 0.15) is 122 Å². The second-order valence-corrected chi connectivity index (χ2v) is 32.8.